The lowest BCUT2D eigenvalue weighted by Crippen LogP contribution is -2.59. The number of ether oxygens (including phenoxy) is 1. The van der Waals surface area contributed by atoms with Crippen LogP contribution in [0.1, 0.15) is 55.9 Å². The number of aliphatic imine (C=N–C) groups is 1. The van der Waals surface area contributed by atoms with Crippen LogP contribution >= 0.6 is 23.2 Å². The maximum absolute atomic E-state index is 15.0. The fraction of sp³-hybridized carbons (Fsp3) is 0.382. The van der Waals surface area contributed by atoms with Crippen molar-refractivity contribution in [2.75, 3.05) is 26.5 Å². The number of nitrogens with one attached hydrogen (secondary N) is 1. The van der Waals surface area contributed by atoms with E-state index in [2.05, 4.69) is 5.32 Å². The Kier molecular flexibility index (Phi) is 9.20. The van der Waals surface area contributed by atoms with Gasteiger partial charge in [0.05, 0.1) is 22.6 Å². The summed E-state index contributed by atoms with van der Waals surface area (Å²) in [4.78, 5) is 35.3. The number of hydrogen-bond acceptors (Lipinski definition) is 6. The molecule has 0 bridgehead atoms. The third-order valence-electron chi connectivity index (χ3n) is 9.21. The molecule has 5 rings (SSSR count). The van der Waals surface area contributed by atoms with E-state index in [0.29, 0.717) is 36.5 Å². The first-order chi connectivity index (χ1) is 21.6. The van der Waals surface area contributed by atoms with Gasteiger partial charge in [0.2, 0.25) is 5.91 Å². The Balaban J connectivity index is 1.78. The van der Waals surface area contributed by atoms with Crippen molar-refractivity contribution in [3.05, 3.63) is 93.0 Å². The first-order valence-corrected chi connectivity index (χ1v) is 17.6. The number of hydrogen-bond donors (Lipinski definition) is 1. The summed E-state index contributed by atoms with van der Waals surface area (Å²) in [5, 5.41) is 3.50. The first-order valence-electron chi connectivity index (χ1n) is 15.0. The third kappa shape index (κ3) is 5.98. The van der Waals surface area contributed by atoms with Gasteiger partial charge in [-0.2, -0.15) is 0 Å². The molecule has 3 aromatic carbocycles. The molecule has 9 nitrogen and oxygen atoms in total. The standard InChI is InChI=1S/C34H38Cl2N4O5S/c1-21-7-9-23(10-8-21)33(3)34(4,24-11-13-25(35)14-12-24)40(32(42)39-17-15-26(16-18-39)37-22(2)41)31(38-33)27-19-30(46(6,43)44)28(36)20-29(27)45-5/h7-14,19-20,26H,15-18H2,1-6H3,(H,37,41). The van der Waals surface area contributed by atoms with Crippen LogP contribution in [0.15, 0.2) is 70.6 Å². The van der Waals surface area contributed by atoms with Crippen LogP contribution in [0, 0.1) is 6.92 Å². The summed E-state index contributed by atoms with van der Waals surface area (Å²) >= 11 is 12.8. The van der Waals surface area contributed by atoms with Crippen LogP contribution in [-0.4, -0.2) is 68.5 Å². The van der Waals surface area contributed by atoms with Gasteiger partial charge in [0.25, 0.3) is 0 Å². The number of amidine groups is 1. The zero-order chi connectivity index (χ0) is 33.6. The average molecular weight is 686 g/mol. The molecule has 12 heteroatoms. The molecule has 2 aliphatic rings. The second-order valence-corrected chi connectivity index (χ2v) is 15.1. The molecular formula is C34H38Cl2N4O5S. The monoisotopic (exact) mass is 684 g/mol. The van der Waals surface area contributed by atoms with Gasteiger partial charge in [0.1, 0.15) is 22.7 Å². The van der Waals surface area contributed by atoms with Gasteiger partial charge in [-0.3, -0.25) is 14.7 Å². The van der Waals surface area contributed by atoms with Crippen LogP contribution in [0.25, 0.3) is 0 Å². The van der Waals surface area contributed by atoms with Crippen molar-refractivity contribution in [1.29, 1.82) is 0 Å². The number of nitrogens with zero attached hydrogens (tertiary/aromatic N) is 3. The number of amides is 3. The first kappa shape index (κ1) is 33.8. The molecule has 0 aliphatic carbocycles. The van der Waals surface area contributed by atoms with Gasteiger partial charge < -0.3 is 15.0 Å². The molecule has 1 saturated heterocycles. The summed E-state index contributed by atoms with van der Waals surface area (Å²) in [5.41, 5.74) is 0.799. The van der Waals surface area contributed by atoms with E-state index < -0.39 is 20.9 Å². The molecule has 2 unspecified atom stereocenters. The molecule has 3 amide bonds. The summed E-state index contributed by atoms with van der Waals surface area (Å²) < 4.78 is 31.5. The molecule has 0 aromatic heterocycles. The highest BCUT2D eigenvalue weighted by Crippen LogP contribution is 2.54. The summed E-state index contributed by atoms with van der Waals surface area (Å²) in [6.07, 6.45) is 2.25. The minimum Gasteiger partial charge on any atom is -0.496 e. The number of carbonyl (C=O) groups excluding carboxylic acids is 2. The minimum atomic E-state index is -3.76. The molecule has 3 aromatic rings. The van der Waals surface area contributed by atoms with Crippen LogP contribution in [0.2, 0.25) is 10.0 Å². The second kappa shape index (κ2) is 12.5. The Morgan fingerprint density at radius 2 is 1.57 bits per heavy atom. The topological polar surface area (TPSA) is 108 Å². The molecule has 1 fully saturated rings. The zero-order valence-corrected chi connectivity index (χ0v) is 29.1. The van der Waals surface area contributed by atoms with Crippen LogP contribution in [0.3, 0.4) is 0 Å². The predicted molar refractivity (Wildman–Crippen MR) is 181 cm³/mol. The Morgan fingerprint density at radius 3 is 2.11 bits per heavy atom. The number of piperidine rings is 1. The summed E-state index contributed by atoms with van der Waals surface area (Å²) in [6, 6.07) is 17.9. The molecule has 0 spiro atoms. The van der Waals surface area contributed by atoms with E-state index in [1.165, 1.54) is 26.2 Å². The third-order valence-corrected chi connectivity index (χ3v) is 11.0. The summed E-state index contributed by atoms with van der Waals surface area (Å²) in [6.45, 7) is 8.23. The van der Waals surface area contributed by atoms with E-state index in [-0.39, 0.29) is 39.5 Å². The van der Waals surface area contributed by atoms with Crippen molar-refractivity contribution >= 4 is 50.8 Å². The minimum absolute atomic E-state index is 0.00127. The number of urea groups is 1. The highest BCUT2D eigenvalue weighted by atomic mass is 35.5. The number of aryl methyl sites for hydroxylation is 1. The van der Waals surface area contributed by atoms with Gasteiger partial charge in [0.15, 0.2) is 9.84 Å². The molecule has 2 atom stereocenters. The van der Waals surface area contributed by atoms with Crippen molar-refractivity contribution in [3.8, 4) is 5.75 Å². The quantitative estimate of drug-likeness (QED) is 0.327. The predicted octanol–water partition coefficient (Wildman–Crippen LogP) is 6.33. The zero-order valence-electron chi connectivity index (χ0n) is 26.7. The van der Waals surface area contributed by atoms with E-state index >= 15 is 0 Å². The lowest BCUT2D eigenvalue weighted by Gasteiger charge is -2.47. The van der Waals surface area contributed by atoms with Gasteiger partial charge in [-0.15, -0.1) is 0 Å². The number of methoxy groups -OCH3 is 1. The van der Waals surface area contributed by atoms with E-state index in [1.54, 1.807) is 21.9 Å². The van der Waals surface area contributed by atoms with Crippen LogP contribution < -0.4 is 10.1 Å². The number of rotatable bonds is 6. The molecule has 1 N–H and O–H groups in total. The van der Waals surface area contributed by atoms with Crippen molar-refractivity contribution in [2.45, 2.75) is 62.6 Å². The highest BCUT2D eigenvalue weighted by Gasteiger charge is 2.60. The Hall–Kier alpha value is -3.60. The van der Waals surface area contributed by atoms with Gasteiger partial charge in [-0.05, 0) is 62.9 Å². The molecule has 0 saturated carbocycles. The van der Waals surface area contributed by atoms with Crippen molar-refractivity contribution < 1.29 is 22.7 Å². The molecular weight excluding hydrogens is 647 g/mol. The highest BCUT2D eigenvalue weighted by molar-refractivity contribution is 7.90. The lowest BCUT2D eigenvalue weighted by molar-refractivity contribution is -0.119. The average Bonchev–Trinajstić information content (AvgIpc) is 3.24. The van der Waals surface area contributed by atoms with E-state index in [1.807, 2.05) is 57.2 Å². The number of benzene rings is 3. The number of carbonyl (C=O) groups is 2. The molecule has 2 aliphatic heterocycles. The van der Waals surface area contributed by atoms with E-state index in [9.17, 15) is 18.0 Å². The van der Waals surface area contributed by atoms with Crippen LogP contribution in [-0.2, 0) is 25.7 Å². The van der Waals surface area contributed by atoms with Crippen molar-refractivity contribution in [3.63, 3.8) is 0 Å². The lowest BCUT2D eigenvalue weighted by atomic mass is 9.70. The Labute approximate surface area is 280 Å². The fourth-order valence-electron chi connectivity index (χ4n) is 6.48. The smallest absolute Gasteiger partial charge is 0.326 e. The molecule has 2 heterocycles. The normalized spacial score (nSPS) is 22.0. The summed E-state index contributed by atoms with van der Waals surface area (Å²) in [5.74, 6) is 0.400. The molecule has 46 heavy (non-hydrogen) atoms. The van der Waals surface area contributed by atoms with Gasteiger partial charge in [-0.1, -0.05) is 65.2 Å². The maximum Gasteiger partial charge on any atom is 0.326 e. The number of likely N-dealkylation sites (tertiary alicyclic amines) is 1. The Bertz CT molecular complexity index is 1810. The Morgan fingerprint density at radius 1 is 0.978 bits per heavy atom. The van der Waals surface area contributed by atoms with E-state index in [0.717, 1.165) is 22.9 Å². The molecule has 244 valence electrons. The van der Waals surface area contributed by atoms with Gasteiger partial charge in [-0.25, -0.2) is 13.2 Å². The van der Waals surface area contributed by atoms with Gasteiger partial charge in [0, 0.05) is 43.4 Å². The van der Waals surface area contributed by atoms with E-state index in [4.69, 9.17) is 32.9 Å². The molecule has 0 radical (unpaired) electrons. The van der Waals surface area contributed by atoms with Crippen molar-refractivity contribution in [2.24, 2.45) is 4.99 Å². The second-order valence-electron chi connectivity index (χ2n) is 12.3. The number of sulfone groups is 1. The number of halogens is 2. The van der Waals surface area contributed by atoms with Crippen LogP contribution in [0.5, 0.6) is 5.75 Å². The van der Waals surface area contributed by atoms with Crippen molar-refractivity contribution in [1.82, 2.24) is 15.1 Å². The SMILES string of the molecule is COc1cc(Cl)c(S(C)(=O)=O)cc1C1=NC(C)(c2ccc(C)cc2)C(C)(c2ccc(Cl)cc2)N1C(=O)N1CCC(NC(C)=O)CC1. The maximum atomic E-state index is 15.0. The van der Waals surface area contributed by atoms with Gasteiger partial charge >= 0.3 is 6.03 Å². The largest absolute Gasteiger partial charge is 0.496 e. The van der Waals surface area contributed by atoms with Crippen LogP contribution in [0.4, 0.5) is 4.79 Å². The summed E-state index contributed by atoms with van der Waals surface area (Å²) in [7, 11) is -2.30. The fourth-order valence-corrected chi connectivity index (χ4v) is 7.92.